The summed E-state index contributed by atoms with van der Waals surface area (Å²) >= 11 is 0. The Hall–Kier alpha value is -0.0900. The van der Waals surface area contributed by atoms with E-state index in [0.717, 1.165) is 19.3 Å². The highest BCUT2D eigenvalue weighted by Gasteiger charge is 2.31. The van der Waals surface area contributed by atoms with Gasteiger partial charge in [-0.25, -0.2) is 8.42 Å². The Balaban J connectivity index is 1.82. The summed E-state index contributed by atoms with van der Waals surface area (Å²) in [5.41, 5.74) is 0. The molecule has 0 aromatic heterocycles. The molecule has 4 heteroatoms. The van der Waals surface area contributed by atoms with Gasteiger partial charge in [-0.15, -0.1) is 0 Å². The second-order valence-corrected chi connectivity index (χ2v) is 8.05. The third-order valence-corrected chi connectivity index (χ3v) is 6.18. The molecule has 0 bridgehead atoms. The molecule has 0 aromatic rings. The molecule has 2 atom stereocenters. The lowest BCUT2D eigenvalue weighted by atomic mass is 9.88. The van der Waals surface area contributed by atoms with Crippen molar-refractivity contribution >= 4 is 9.84 Å². The molecular formula is C13H24O3S. The molecule has 1 N–H and O–H groups in total. The molecule has 0 amide bonds. The monoisotopic (exact) mass is 260 g/mol. The quantitative estimate of drug-likeness (QED) is 0.791. The van der Waals surface area contributed by atoms with Crippen molar-refractivity contribution in [1.82, 2.24) is 0 Å². The third kappa shape index (κ3) is 3.95. The van der Waals surface area contributed by atoms with Gasteiger partial charge in [0, 0.05) is 0 Å². The number of aliphatic hydroxyl groups excluding tert-OH is 1. The standard InChI is InChI=1S/C13H24O3S/c14-13(12-5-3-1-2-4-6-12)9-11-7-8-17(15,16)10-11/h11-14H,1-10H2. The Labute approximate surface area is 105 Å². The maximum atomic E-state index is 11.4. The summed E-state index contributed by atoms with van der Waals surface area (Å²) in [5, 5.41) is 10.2. The van der Waals surface area contributed by atoms with Crippen LogP contribution in [-0.4, -0.2) is 31.1 Å². The van der Waals surface area contributed by atoms with Gasteiger partial charge in [0.25, 0.3) is 0 Å². The molecule has 2 aliphatic rings. The van der Waals surface area contributed by atoms with Crippen LogP contribution in [0.3, 0.4) is 0 Å². The Morgan fingerprint density at radius 1 is 1.06 bits per heavy atom. The Morgan fingerprint density at radius 2 is 1.71 bits per heavy atom. The molecule has 1 aliphatic carbocycles. The molecule has 1 saturated carbocycles. The average Bonchev–Trinajstić information content (AvgIpc) is 2.52. The molecular weight excluding hydrogens is 236 g/mol. The van der Waals surface area contributed by atoms with Crippen molar-refractivity contribution in [1.29, 1.82) is 0 Å². The van der Waals surface area contributed by atoms with Gasteiger partial charge in [-0.3, -0.25) is 0 Å². The lowest BCUT2D eigenvalue weighted by Crippen LogP contribution is -2.23. The van der Waals surface area contributed by atoms with Crippen LogP contribution in [0.5, 0.6) is 0 Å². The van der Waals surface area contributed by atoms with E-state index in [1.165, 1.54) is 25.7 Å². The number of rotatable bonds is 3. The minimum atomic E-state index is -2.79. The molecule has 2 unspecified atom stereocenters. The summed E-state index contributed by atoms with van der Waals surface area (Å²) in [6.07, 6.45) is 8.47. The van der Waals surface area contributed by atoms with E-state index in [9.17, 15) is 13.5 Å². The van der Waals surface area contributed by atoms with Gasteiger partial charge in [0.05, 0.1) is 17.6 Å². The Bertz CT molecular complexity index is 329. The fraction of sp³-hybridized carbons (Fsp3) is 1.00. The van der Waals surface area contributed by atoms with E-state index in [0.29, 0.717) is 23.8 Å². The van der Waals surface area contributed by atoms with E-state index >= 15 is 0 Å². The topological polar surface area (TPSA) is 54.4 Å². The molecule has 100 valence electrons. The Morgan fingerprint density at radius 3 is 2.24 bits per heavy atom. The van der Waals surface area contributed by atoms with Crippen molar-refractivity contribution in [3.8, 4) is 0 Å². The van der Waals surface area contributed by atoms with Gasteiger partial charge in [0.2, 0.25) is 0 Å². The second kappa shape index (κ2) is 5.70. The van der Waals surface area contributed by atoms with Gasteiger partial charge in [-0.1, -0.05) is 25.7 Å². The average molecular weight is 260 g/mol. The summed E-state index contributed by atoms with van der Waals surface area (Å²) in [6, 6.07) is 0. The van der Waals surface area contributed by atoms with Gasteiger partial charge < -0.3 is 5.11 Å². The third-order valence-electron chi connectivity index (χ3n) is 4.35. The largest absolute Gasteiger partial charge is 0.393 e. The first kappa shape index (κ1) is 13.3. The number of hydrogen-bond donors (Lipinski definition) is 1. The molecule has 2 rings (SSSR count). The van der Waals surface area contributed by atoms with Gasteiger partial charge in [0.15, 0.2) is 9.84 Å². The van der Waals surface area contributed by atoms with E-state index < -0.39 is 9.84 Å². The van der Waals surface area contributed by atoms with Crippen molar-refractivity contribution in [2.24, 2.45) is 11.8 Å². The zero-order valence-corrected chi connectivity index (χ0v) is 11.3. The van der Waals surface area contributed by atoms with E-state index in [1.54, 1.807) is 0 Å². The van der Waals surface area contributed by atoms with Crippen molar-refractivity contribution in [2.75, 3.05) is 11.5 Å². The lowest BCUT2D eigenvalue weighted by molar-refractivity contribution is 0.0769. The molecule has 3 nitrogen and oxygen atoms in total. The highest BCUT2D eigenvalue weighted by Crippen LogP contribution is 2.31. The van der Waals surface area contributed by atoms with Crippen LogP contribution in [0.15, 0.2) is 0 Å². The SMILES string of the molecule is O=S1(=O)CCC(CC(O)C2CCCCCC2)C1. The van der Waals surface area contributed by atoms with Crippen molar-refractivity contribution in [2.45, 2.75) is 57.5 Å². The molecule has 1 heterocycles. The minimum Gasteiger partial charge on any atom is -0.393 e. The van der Waals surface area contributed by atoms with Crippen LogP contribution in [0.2, 0.25) is 0 Å². The number of aliphatic hydroxyl groups is 1. The van der Waals surface area contributed by atoms with Crippen molar-refractivity contribution in [3.05, 3.63) is 0 Å². The molecule has 1 saturated heterocycles. The Kier molecular flexibility index (Phi) is 4.47. The summed E-state index contributed by atoms with van der Waals surface area (Å²) < 4.78 is 22.7. The van der Waals surface area contributed by atoms with Crippen LogP contribution >= 0.6 is 0 Å². The lowest BCUT2D eigenvalue weighted by Gasteiger charge is -2.23. The maximum Gasteiger partial charge on any atom is 0.150 e. The summed E-state index contributed by atoms with van der Waals surface area (Å²) in [5.74, 6) is 1.25. The normalized spacial score (nSPS) is 32.2. The maximum absolute atomic E-state index is 11.4. The molecule has 1 aliphatic heterocycles. The highest BCUT2D eigenvalue weighted by molar-refractivity contribution is 7.91. The van der Waals surface area contributed by atoms with Gasteiger partial charge in [0.1, 0.15) is 0 Å². The van der Waals surface area contributed by atoms with Crippen molar-refractivity contribution < 1.29 is 13.5 Å². The number of hydrogen-bond acceptors (Lipinski definition) is 3. The van der Waals surface area contributed by atoms with E-state index in [-0.39, 0.29) is 12.0 Å². The van der Waals surface area contributed by atoms with Gasteiger partial charge in [-0.05, 0) is 37.5 Å². The van der Waals surface area contributed by atoms with Crippen LogP contribution in [0, 0.1) is 11.8 Å². The van der Waals surface area contributed by atoms with E-state index in [4.69, 9.17) is 0 Å². The fourth-order valence-electron chi connectivity index (χ4n) is 3.29. The molecule has 0 aromatic carbocycles. The first-order valence-corrected chi connectivity index (χ1v) is 8.77. The predicted molar refractivity (Wildman–Crippen MR) is 68.6 cm³/mol. The summed E-state index contributed by atoms with van der Waals surface area (Å²) in [6.45, 7) is 0. The van der Waals surface area contributed by atoms with E-state index in [2.05, 4.69) is 0 Å². The van der Waals surface area contributed by atoms with Crippen LogP contribution < -0.4 is 0 Å². The highest BCUT2D eigenvalue weighted by atomic mass is 32.2. The zero-order chi connectivity index (χ0) is 12.3. The van der Waals surface area contributed by atoms with Crippen LogP contribution in [0.4, 0.5) is 0 Å². The molecule has 2 fully saturated rings. The van der Waals surface area contributed by atoms with Crippen LogP contribution in [-0.2, 0) is 9.84 Å². The first-order valence-electron chi connectivity index (χ1n) is 6.95. The van der Waals surface area contributed by atoms with Gasteiger partial charge >= 0.3 is 0 Å². The predicted octanol–water partition coefficient (Wildman–Crippen LogP) is 2.14. The van der Waals surface area contributed by atoms with E-state index in [1.807, 2.05) is 0 Å². The number of sulfone groups is 1. The second-order valence-electron chi connectivity index (χ2n) is 5.82. The fourth-order valence-corrected chi connectivity index (χ4v) is 5.17. The molecule has 17 heavy (non-hydrogen) atoms. The molecule has 0 spiro atoms. The molecule has 0 radical (unpaired) electrons. The first-order chi connectivity index (χ1) is 8.07. The van der Waals surface area contributed by atoms with Crippen molar-refractivity contribution in [3.63, 3.8) is 0 Å². The zero-order valence-electron chi connectivity index (χ0n) is 10.5. The van der Waals surface area contributed by atoms with Crippen LogP contribution in [0.1, 0.15) is 51.4 Å². The summed E-state index contributed by atoms with van der Waals surface area (Å²) in [7, 11) is -2.79. The van der Waals surface area contributed by atoms with Crippen LogP contribution in [0.25, 0.3) is 0 Å². The van der Waals surface area contributed by atoms with Gasteiger partial charge in [-0.2, -0.15) is 0 Å². The smallest absolute Gasteiger partial charge is 0.150 e. The minimum absolute atomic E-state index is 0.207. The summed E-state index contributed by atoms with van der Waals surface area (Å²) in [4.78, 5) is 0.